The molecule has 6 nitrogen and oxygen atoms in total. The van der Waals surface area contributed by atoms with Crippen LogP contribution in [0.2, 0.25) is 0 Å². The van der Waals surface area contributed by atoms with Gasteiger partial charge in [0, 0.05) is 24.2 Å². The molecular formula is C21H40N4O2. The SMILES string of the molecule is C=C(C)C(=O)NCCCN(C)CCCCCN(C)CCCNC(=O)C(=C)C. The Kier molecular flexibility index (Phi) is 14.5. The van der Waals surface area contributed by atoms with Crippen LogP contribution in [0, 0.1) is 0 Å². The summed E-state index contributed by atoms with van der Waals surface area (Å²) in [6.07, 6.45) is 5.52. The maximum Gasteiger partial charge on any atom is 0.246 e. The molecule has 0 fully saturated rings. The maximum absolute atomic E-state index is 11.4. The summed E-state index contributed by atoms with van der Waals surface area (Å²) < 4.78 is 0. The molecule has 0 aromatic heterocycles. The molecule has 0 aromatic carbocycles. The van der Waals surface area contributed by atoms with E-state index < -0.39 is 0 Å². The standard InChI is InChI=1S/C21H40N4O2/c1-18(2)20(26)22-12-10-16-24(5)14-8-7-9-15-25(6)17-11-13-23-21(27)19(3)4/h1,3,7-17H2,2,4-6H3,(H,22,26)(H,23,27). The highest BCUT2D eigenvalue weighted by Crippen LogP contribution is 2.00. The van der Waals surface area contributed by atoms with Crippen LogP contribution in [-0.4, -0.2) is 75.0 Å². The van der Waals surface area contributed by atoms with Gasteiger partial charge in [-0.25, -0.2) is 0 Å². The number of hydrogen-bond donors (Lipinski definition) is 2. The summed E-state index contributed by atoms with van der Waals surface area (Å²) >= 11 is 0. The van der Waals surface area contributed by atoms with E-state index in [0.29, 0.717) is 24.2 Å². The van der Waals surface area contributed by atoms with Gasteiger partial charge in [-0.15, -0.1) is 0 Å². The van der Waals surface area contributed by atoms with Crippen LogP contribution in [0.3, 0.4) is 0 Å². The average Bonchev–Trinajstić information content (AvgIpc) is 2.61. The predicted octanol–water partition coefficient (Wildman–Crippen LogP) is 2.19. The Balaban J connectivity index is 3.50. The van der Waals surface area contributed by atoms with Crippen LogP contribution in [0.1, 0.15) is 46.0 Å². The zero-order chi connectivity index (χ0) is 20.7. The largest absolute Gasteiger partial charge is 0.352 e. The number of amides is 2. The highest BCUT2D eigenvalue weighted by Gasteiger charge is 2.03. The van der Waals surface area contributed by atoms with E-state index in [1.165, 1.54) is 19.3 Å². The second kappa shape index (κ2) is 15.4. The molecule has 0 heterocycles. The van der Waals surface area contributed by atoms with Crippen LogP contribution < -0.4 is 10.6 Å². The van der Waals surface area contributed by atoms with E-state index in [9.17, 15) is 9.59 Å². The minimum Gasteiger partial charge on any atom is -0.352 e. The van der Waals surface area contributed by atoms with Gasteiger partial charge in [0.25, 0.3) is 0 Å². The van der Waals surface area contributed by atoms with Gasteiger partial charge in [0.05, 0.1) is 0 Å². The molecule has 0 unspecified atom stereocenters. The molecule has 0 aliphatic carbocycles. The molecule has 0 atom stereocenters. The second-order valence-electron chi connectivity index (χ2n) is 7.45. The van der Waals surface area contributed by atoms with E-state index in [-0.39, 0.29) is 11.8 Å². The van der Waals surface area contributed by atoms with Crippen LogP contribution in [0.25, 0.3) is 0 Å². The van der Waals surface area contributed by atoms with Crippen molar-refractivity contribution in [1.29, 1.82) is 0 Å². The number of nitrogens with zero attached hydrogens (tertiary/aromatic N) is 2. The molecule has 0 radical (unpaired) electrons. The predicted molar refractivity (Wildman–Crippen MR) is 114 cm³/mol. The minimum absolute atomic E-state index is 0.0556. The average molecular weight is 381 g/mol. The first-order chi connectivity index (χ1) is 12.7. The summed E-state index contributed by atoms with van der Waals surface area (Å²) in [6.45, 7) is 16.3. The van der Waals surface area contributed by atoms with Crippen LogP contribution in [0.5, 0.6) is 0 Å². The third kappa shape index (κ3) is 15.1. The molecule has 0 saturated heterocycles. The fourth-order valence-electron chi connectivity index (χ4n) is 2.57. The zero-order valence-corrected chi connectivity index (χ0v) is 17.9. The van der Waals surface area contributed by atoms with Gasteiger partial charge < -0.3 is 20.4 Å². The Morgan fingerprint density at radius 3 is 1.33 bits per heavy atom. The van der Waals surface area contributed by atoms with Crippen molar-refractivity contribution in [3.05, 3.63) is 24.3 Å². The van der Waals surface area contributed by atoms with E-state index >= 15 is 0 Å². The molecule has 0 aromatic rings. The molecule has 0 saturated carbocycles. The van der Waals surface area contributed by atoms with E-state index in [1.807, 2.05) is 0 Å². The molecule has 0 bridgehead atoms. The first-order valence-electron chi connectivity index (χ1n) is 9.98. The number of nitrogens with one attached hydrogen (secondary N) is 2. The van der Waals surface area contributed by atoms with Gasteiger partial charge in [-0.3, -0.25) is 9.59 Å². The summed E-state index contributed by atoms with van der Waals surface area (Å²) in [5.74, 6) is -0.111. The van der Waals surface area contributed by atoms with Crippen molar-refractivity contribution in [3.8, 4) is 0 Å². The van der Waals surface area contributed by atoms with E-state index in [0.717, 1.165) is 39.0 Å². The van der Waals surface area contributed by atoms with Crippen molar-refractivity contribution < 1.29 is 9.59 Å². The van der Waals surface area contributed by atoms with Crippen LogP contribution >= 0.6 is 0 Å². The van der Waals surface area contributed by atoms with Crippen LogP contribution in [-0.2, 0) is 9.59 Å². The first-order valence-corrected chi connectivity index (χ1v) is 9.98. The van der Waals surface area contributed by atoms with E-state index in [2.05, 4.69) is 47.7 Å². The lowest BCUT2D eigenvalue weighted by Gasteiger charge is -2.18. The topological polar surface area (TPSA) is 64.7 Å². The Hall–Kier alpha value is -1.66. The summed E-state index contributed by atoms with van der Waals surface area (Å²) in [4.78, 5) is 27.4. The quantitative estimate of drug-likeness (QED) is 0.318. The molecule has 6 heteroatoms. The van der Waals surface area contributed by atoms with Gasteiger partial charge >= 0.3 is 0 Å². The van der Waals surface area contributed by atoms with Gasteiger partial charge in [0.2, 0.25) is 11.8 Å². The van der Waals surface area contributed by atoms with Crippen molar-refractivity contribution in [2.45, 2.75) is 46.0 Å². The third-order valence-corrected chi connectivity index (χ3v) is 4.36. The van der Waals surface area contributed by atoms with Gasteiger partial charge in [-0.05, 0) is 79.8 Å². The molecule has 0 spiro atoms. The number of hydrogen-bond acceptors (Lipinski definition) is 4. The highest BCUT2D eigenvalue weighted by atomic mass is 16.2. The Labute approximate surface area is 166 Å². The lowest BCUT2D eigenvalue weighted by Crippen LogP contribution is -2.29. The normalized spacial score (nSPS) is 10.9. The maximum atomic E-state index is 11.4. The molecule has 2 N–H and O–H groups in total. The summed E-state index contributed by atoms with van der Waals surface area (Å²) in [6, 6.07) is 0. The number of carbonyl (C=O) groups excluding carboxylic acids is 2. The molecule has 0 rings (SSSR count). The first kappa shape index (κ1) is 25.3. The number of carbonyl (C=O) groups is 2. The smallest absolute Gasteiger partial charge is 0.246 e. The lowest BCUT2D eigenvalue weighted by molar-refractivity contribution is -0.118. The van der Waals surface area contributed by atoms with Gasteiger partial charge in [-0.2, -0.15) is 0 Å². The van der Waals surface area contributed by atoms with E-state index in [1.54, 1.807) is 13.8 Å². The minimum atomic E-state index is -0.0556. The summed E-state index contributed by atoms with van der Waals surface area (Å²) in [5.41, 5.74) is 1.12. The zero-order valence-electron chi connectivity index (χ0n) is 17.9. The van der Waals surface area contributed by atoms with Gasteiger partial charge in [0.15, 0.2) is 0 Å². The highest BCUT2D eigenvalue weighted by molar-refractivity contribution is 5.92. The molecule has 156 valence electrons. The molecule has 0 aliphatic heterocycles. The summed E-state index contributed by atoms with van der Waals surface area (Å²) in [5, 5.41) is 5.72. The molecular weight excluding hydrogens is 340 g/mol. The Morgan fingerprint density at radius 2 is 1.00 bits per heavy atom. The van der Waals surface area contributed by atoms with Gasteiger partial charge in [0.1, 0.15) is 0 Å². The fourth-order valence-corrected chi connectivity index (χ4v) is 2.57. The van der Waals surface area contributed by atoms with Crippen molar-refractivity contribution >= 4 is 11.8 Å². The lowest BCUT2D eigenvalue weighted by atomic mass is 10.2. The number of unbranched alkanes of at least 4 members (excludes halogenated alkanes) is 2. The molecule has 2 amide bonds. The fraction of sp³-hybridized carbons (Fsp3) is 0.714. The van der Waals surface area contributed by atoms with Gasteiger partial charge in [-0.1, -0.05) is 19.6 Å². The monoisotopic (exact) mass is 380 g/mol. The summed E-state index contributed by atoms with van der Waals surface area (Å²) in [7, 11) is 4.26. The van der Waals surface area contributed by atoms with Crippen LogP contribution in [0.4, 0.5) is 0 Å². The Bertz CT molecular complexity index is 435. The van der Waals surface area contributed by atoms with E-state index in [4.69, 9.17) is 0 Å². The van der Waals surface area contributed by atoms with Crippen molar-refractivity contribution in [3.63, 3.8) is 0 Å². The third-order valence-electron chi connectivity index (χ3n) is 4.36. The Morgan fingerprint density at radius 1 is 0.667 bits per heavy atom. The molecule has 27 heavy (non-hydrogen) atoms. The molecule has 0 aliphatic rings. The second-order valence-corrected chi connectivity index (χ2v) is 7.45. The van der Waals surface area contributed by atoms with Crippen molar-refractivity contribution in [1.82, 2.24) is 20.4 Å². The van der Waals surface area contributed by atoms with Crippen molar-refractivity contribution in [2.24, 2.45) is 0 Å². The van der Waals surface area contributed by atoms with Crippen molar-refractivity contribution in [2.75, 3.05) is 53.4 Å². The van der Waals surface area contributed by atoms with Crippen LogP contribution in [0.15, 0.2) is 24.3 Å². The number of rotatable bonds is 16.